The lowest BCUT2D eigenvalue weighted by molar-refractivity contribution is 0.139. The number of nitrogens with one attached hydrogen (secondary N) is 1. The van der Waals surface area contributed by atoms with Crippen LogP contribution in [0.2, 0.25) is 0 Å². The van der Waals surface area contributed by atoms with Crippen molar-refractivity contribution in [2.45, 2.75) is 50.7 Å². The molecule has 1 aromatic rings. The number of aliphatic hydroxyl groups excluding tert-OH is 1. The van der Waals surface area contributed by atoms with Gasteiger partial charge in [-0.2, -0.15) is 0 Å². The Morgan fingerprint density at radius 1 is 1.21 bits per heavy atom. The minimum Gasteiger partial charge on any atom is -0.387 e. The van der Waals surface area contributed by atoms with Crippen molar-refractivity contribution in [3.8, 4) is 0 Å². The van der Waals surface area contributed by atoms with E-state index in [9.17, 15) is 13.9 Å². The van der Waals surface area contributed by atoms with Gasteiger partial charge in [0.15, 0.2) is 0 Å². The summed E-state index contributed by atoms with van der Waals surface area (Å²) in [7, 11) is 0. The Kier molecular flexibility index (Phi) is 4.53. The molecular weight excluding hydrogens is 248 g/mol. The van der Waals surface area contributed by atoms with Gasteiger partial charge in [-0.1, -0.05) is 25.3 Å². The van der Waals surface area contributed by atoms with E-state index in [-0.39, 0.29) is 17.6 Å². The molecule has 19 heavy (non-hydrogen) atoms. The SMILES string of the molecule is CC1(NCC(O)c2c(F)cccc2F)CCCCC1. The molecule has 1 atom stereocenters. The fraction of sp³-hybridized carbons (Fsp3) is 0.600. The second-order valence-electron chi connectivity index (χ2n) is 5.65. The van der Waals surface area contributed by atoms with E-state index in [0.29, 0.717) is 0 Å². The van der Waals surface area contributed by atoms with Crippen LogP contribution in [0.4, 0.5) is 8.78 Å². The zero-order chi connectivity index (χ0) is 13.9. The highest BCUT2D eigenvalue weighted by molar-refractivity contribution is 5.22. The number of aliphatic hydroxyl groups is 1. The van der Waals surface area contributed by atoms with Crippen molar-refractivity contribution in [3.05, 3.63) is 35.4 Å². The maximum Gasteiger partial charge on any atom is 0.131 e. The Morgan fingerprint density at radius 2 is 1.79 bits per heavy atom. The van der Waals surface area contributed by atoms with Crippen LogP contribution in [0.1, 0.15) is 50.7 Å². The highest BCUT2D eigenvalue weighted by Gasteiger charge is 2.27. The van der Waals surface area contributed by atoms with Crippen molar-refractivity contribution in [1.82, 2.24) is 5.32 Å². The summed E-state index contributed by atoms with van der Waals surface area (Å²) in [5.41, 5.74) is -0.268. The summed E-state index contributed by atoms with van der Waals surface area (Å²) in [6.45, 7) is 2.28. The summed E-state index contributed by atoms with van der Waals surface area (Å²) >= 11 is 0. The number of halogens is 2. The molecule has 0 bridgehead atoms. The molecule has 1 saturated carbocycles. The smallest absolute Gasteiger partial charge is 0.131 e. The molecule has 0 amide bonds. The molecule has 2 rings (SSSR count). The van der Waals surface area contributed by atoms with E-state index in [2.05, 4.69) is 12.2 Å². The summed E-state index contributed by atoms with van der Waals surface area (Å²) in [6.07, 6.45) is 4.49. The van der Waals surface area contributed by atoms with E-state index in [1.807, 2.05) is 0 Å². The Labute approximate surface area is 112 Å². The average Bonchev–Trinajstić information content (AvgIpc) is 2.37. The molecule has 106 valence electrons. The number of β-amino-alcohol motifs (C(OH)–C–C–N with tert-alkyl or cyclic N) is 1. The quantitative estimate of drug-likeness (QED) is 0.879. The van der Waals surface area contributed by atoms with Crippen molar-refractivity contribution >= 4 is 0 Å². The molecule has 1 aromatic carbocycles. The second-order valence-corrected chi connectivity index (χ2v) is 5.65. The van der Waals surface area contributed by atoms with E-state index in [1.165, 1.54) is 24.6 Å². The number of benzene rings is 1. The van der Waals surface area contributed by atoms with Gasteiger partial charge in [-0.15, -0.1) is 0 Å². The molecular formula is C15H21F2NO. The van der Waals surface area contributed by atoms with Crippen LogP contribution in [0.3, 0.4) is 0 Å². The first-order chi connectivity index (χ1) is 9.02. The molecule has 2 N–H and O–H groups in total. The Balaban J connectivity index is 1.99. The number of hydrogen-bond acceptors (Lipinski definition) is 2. The topological polar surface area (TPSA) is 32.3 Å². The van der Waals surface area contributed by atoms with Crippen LogP contribution in [0.25, 0.3) is 0 Å². The van der Waals surface area contributed by atoms with E-state index in [1.54, 1.807) is 0 Å². The molecule has 1 aliphatic rings. The zero-order valence-electron chi connectivity index (χ0n) is 11.3. The molecule has 0 heterocycles. The van der Waals surface area contributed by atoms with E-state index in [0.717, 1.165) is 25.7 Å². The van der Waals surface area contributed by atoms with Crippen LogP contribution in [-0.4, -0.2) is 17.2 Å². The van der Waals surface area contributed by atoms with Gasteiger partial charge in [-0.05, 0) is 31.9 Å². The van der Waals surface area contributed by atoms with Crippen LogP contribution in [0.5, 0.6) is 0 Å². The van der Waals surface area contributed by atoms with Crippen molar-refractivity contribution in [2.24, 2.45) is 0 Å². The van der Waals surface area contributed by atoms with Gasteiger partial charge in [-0.25, -0.2) is 8.78 Å². The number of hydrogen-bond donors (Lipinski definition) is 2. The fourth-order valence-corrected chi connectivity index (χ4v) is 2.78. The Bertz CT molecular complexity index is 410. The Morgan fingerprint density at radius 3 is 2.37 bits per heavy atom. The van der Waals surface area contributed by atoms with Gasteiger partial charge in [0, 0.05) is 12.1 Å². The molecule has 0 radical (unpaired) electrons. The maximum absolute atomic E-state index is 13.5. The number of rotatable bonds is 4. The minimum atomic E-state index is -1.15. The van der Waals surface area contributed by atoms with Crippen molar-refractivity contribution in [3.63, 3.8) is 0 Å². The first-order valence-electron chi connectivity index (χ1n) is 6.89. The third kappa shape index (κ3) is 3.51. The molecule has 0 aliphatic heterocycles. The van der Waals surface area contributed by atoms with Crippen LogP contribution < -0.4 is 5.32 Å². The third-order valence-electron chi connectivity index (χ3n) is 4.01. The van der Waals surface area contributed by atoms with Crippen LogP contribution >= 0.6 is 0 Å². The lowest BCUT2D eigenvalue weighted by Crippen LogP contribution is -2.45. The highest BCUT2D eigenvalue weighted by Crippen LogP contribution is 2.28. The summed E-state index contributed by atoms with van der Waals surface area (Å²) in [5.74, 6) is -1.38. The van der Waals surface area contributed by atoms with Gasteiger partial charge in [0.2, 0.25) is 0 Å². The summed E-state index contributed by atoms with van der Waals surface area (Å²) < 4.78 is 27.1. The summed E-state index contributed by atoms with van der Waals surface area (Å²) in [6, 6.07) is 3.64. The van der Waals surface area contributed by atoms with Gasteiger partial charge in [0.05, 0.1) is 11.7 Å². The third-order valence-corrected chi connectivity index (χ3v) is 4.01. The van der Waals surface area contributed by atoms with E-state index >= 15 is 0 Å². The normalized spacial score (nSPS) is 20.2. The molecule has 2 nitrogen and oxygen atoms in total. The van der Waals surface area contributed by atoms with E-state index < -0.39 is 17.7 Å². The van der Waals surface area contributed by atoms with Crippen LogP contribution in [-0.2, 0) is 0 Å². The highest BCUT2D eigenvalue weighted by atomic mass is 19.1. The van der Waals surface area contributed by atoms with Gasteiger partial charge in [0.25, 0.3) is 0 Å². The Hall–Kier alpha value is -1.00. The van der Waals surface area contributed by atoms with Gasteiger partial charge >= 0.3 is 0 Å². The monoisotopic (exact) mass is 269 g/mol. The maximum atomic E-state index is 13.5. The summed E-state index contributed by atoms with van der Waals surface area (Å²) in [5, 5.41) is 13.3. The van der Waals surface area contributed by atoms with Crippen LogP contribution in [0, 0.1) is 11.6 Å². The predicted molar refractivity (Wildman–Crippen MR) is 70.8 cm³/mol. The first-order valence-corrected chi connectivity index (χ1v) is 6.89. The van der Waals surface area contributed by atoms with E-state index in [4.69, 9.17) is 0 Å². The zero-order valence-corrected chi connectivity index (χ0v) is 11.3. The molecule has 0 aromatic heterocycles. The van der Waals surface area contributed by atoms with Gasteiger partial charge in [-0.3, -0.25) is 0 Å². The lowest BCUT2D eigenvalue weighted by Gasteiger charge is -2.35. The lowest BCUT2D eigenvalue weighted by atomic mass is 9.83. The molecule has 1 unspecified atom stereocenters. The average molecular weight is 269 g/mol. The standard InChI is InChI=1S/C15H21F2NO/c1-15(8-3-2-4-9-15)18-10-13(19)14-11(16)6-5-7-12(14)17/h5-7,13,18-19H,2-4,8-10H2,1H3. The molecule has 4 heteroatoms. The van der Waals surface area contributed by atoms with Crippen molar-refractivity contribution in [2.75, 3.05) is 6.54 Å². The first kappa shape index (κ1) is 14.4. The van der Waals surface area contributed by atoms with Crippen molar-refractivity contribution < 1.29 is 13.9 Å². The molecule has 0 saturated heterocycles. The minimum absolute atomic E-state index is 0.0268. The molecule has 0 spiro atoms. The largest absolute Gasteiger partial charge is 0.387 e. The van der Waals surface area contributed by atoms with Crippen LogP contribution in [0.15, 0.2) is 18.2 Å². The second kappa shape index (κ2) is 5.97. The summed E-state index contributed by atoms with van der Waals surface area (Å²) in [4.78, 5) is 0. The van der Waals surface area contributed by atoms with Crippen molar-refractivity contribution in [1.29, 1.82) is 0 Å². The fourth-order valence-electron chi connectivity index (χ4n) is 2.78. The van der Waals surface area contributed by atoms with Gasteiger partial charge in [0.1, 0.15) is 11.6 Å². The molecule has 1 fully saturated rings. The van der Waals surface area contributed by atoms with Gasteiger partial charge < -0.3 is 10.4 Å². The predicted octanol–water partition coefficient (Wildman–Crippen LogP) is 3.31. The molecule has 1 aliphatic carbocycles.